The van der Waals surface area contributed by atoms with E-state index in [4.69, 9.17) is 0 Å². The highest BCUT2D eigenvalue weighted by molar-refractivity contribution is 5.78. The zero-order chi connectivity index (χ0) is 12.9. The SMILES string of the molecule is CCCCCCCCCCC(=O)CCN(C)C. The highest BCUT2D eigenvalue weighted by Gasteiger charge is 2.02. The molecular formula is C15H31NO. The van der Waals surface area contributed by atoms with Crippen LogP contribution in [0.2, 0.25) is 0 Å². The number of carbonyl (C=O) groups excluding carboxylic acids is 1. The molecule has 0 aromatic rings. The normalized spacial score (nSPS) is 11.1. The molecule has 17 heavy (non-hydrogen) atoms. The van der Waals surface area contributed by atoms with Crippen molar-refractivity contribution in [2.75, 3.05) is 20.6 Å². The van der Waals surface area contributed by atoms with E-state index in [-0.39, 0.29) is 0 Å². The van der Waals surface area contributed by atoms with E-state index in [9.17, 15) is 4.79 Å². The number of carbonyl (C=O) groups is 1. The van der Waals surface area contributed by atoms with Gasteiger partial charge in [0.2, 0.25) is 0 Å². The summed E-state index contributed by atoms with van der Waals surface area (Å²) in [5, 5.41) is 0. The maximum absolute atomic E-state index is 11.5. The van der Waals surface area contributed by atoms with Gasteiger partial charge in [-0.15, -0.1) is 0 Å². The highest BCUT2D eigenvalue weighted by Crippen LogP contribution is 2.10. The Hall–Kier alpha value is -0.370. The lowest BCUT2D eigenvalue weighted by molar-refractivity contribution is -0.119. The smallest absolute Gasteiger partial charge is 0.134 e. The monoisotopic (exact) mass is 241 g/mol. The molecule has 0 aromatic carbocycles. The van der Waals surface area contributed by atoms with Gasteiger partial charge >= 0.3 is 0 Å². The van der Waals surface area contributed by atoms with Gasteiger partial charge < -0.3 is 4.90 Å². The summed E-state index contributed by atoms with van der Waals surface area (Å²) in [6, 6.07) is 0. The Bertz CT molecular complexity index is 178. The first-order valence-corrected chi connectivity index (χ1v) is 7.33. The second-order valence-corrected chi connectivity index (χ2v) is 5.32. The van der Waals surface area contributed by atoms with Crippen molar-refractivity contribution in [3.63, 3.8) is 0 Å². The molecule has 0 N–H and O–H groups in total. The zero-order valence-electron chi connectivity index (χ0n) is 12.1. The summed E-state index contributed by atoms with van der Waals surface area (Å²) < 4.78 is 0. The second kappa shape index (κ2) is 12.1. The first-order valence-electron chi connectivity index (χ1n) is 7.33. The Labute approximate surface area is 108 Å². The van der Waals surface area contributed by atoms with E-state index in [1.165, 1.54) is 44.9 Å². The third-order valence-electron chi connectivity index (χ3n) is 3.15. The number of nitrogens with zero attached hydrogens (tertiary/aromatic N) is 1. The molecule has 0 aliphatic heterocycles. The molecule has 0 saturated heterocycles. The molecule has 0 heterocycles. The molecular weight excluding hydrogens is 210 g/mol. The van der Waals surface area contributed by atoms with Crippen LogP contribution in [0.1, 0.15) is 71.1 Å². The lowest BCUT2D eigenvalue weighted by Crippen LogP contribution is -2.16. The van der Waals surface area contributed by atoms with Crippen LogP contribution >= 0.6 is 0 Å². The maximum atomic E-state index is 11.5. The Morgan fingerprint density at radius 3 is 1.88 bits per heavy atom. The molecule has 0 atom stereocenters. The number of hydrogen-bond acceptors (Lipinski definition) is 2. The number of rotatable bonds is 12. The Balaban J connectivity index is 3.14. The number of Topliss-reactive ketones (excluding diaryl/α,β-unsaturated/α-hetero) is 1. The van der Waals surface area contributed by atoms with Gasteiger partial charge in [0, 0.05) is 19.4 Å². The molecule has 0 aliphatic rings. The Morgan fingerprint density at radius 1 is 0.824 bits per heavy atom. The number of ketones is 1. The molecule has 0 rings (SSSR count). The molecule has 102 valence electrons. The fourth-order valence-corrected chi connectivity index (χ4v) is 1.93. The summed E-state index contributed by atoms with van der Waals surface area (Å²) in [5.74, 6) is 0.435. The quantitative estimate of drug-likeness (QED) is 0.481. The molecule has 0 bridgehead atoms. The topological polar surface area (TPSA) is 20.3 Å². The minimum absolute atomic E-state index is 0.435. The summed E-state index contributed by atoms with van der Waals surface area (Å²) in [7, 11) is 4.03. The predicted molar refractivity (Wildman–Crippen MR) is 75.4 cm³/mol. The van der Waals surface area contributed by atoms with Crippen molar-refractivity contribution >= 4 is 5.78 Å². The van der Waals surface area contributed by atoms with Crippen molar-refractivity contribution in [3.8, 4) is 0 Å². The van der Waals surface area contributed by atoms with Gasteiger partial charge in [0.1, 0.15) is 5.78 Å². The van der Waals surface area contributed by atoms with E-state index in [2.05, 4.69) is 11.8 Å². The van der Waals surface area contributed by atoms with Crippen LogP contribution < -0.4 is 0 Å². The van der Waals surface area contributed by atoms with E-state index in [1.807, 2.05) is 14.1 Å². The minimum Gasteiger partial charge on any atom is -0.309 e. The van der Waals surface area contributed by atoms with Crippen LogP contribution in [0.4, 0.5) is 0 Å². The lowest BCUT2D eigenvalue weighted by atomic mass is 10.1. The van der Waals surface area contributed by atoms with Gasteiger partial charge in [-0.1, -0.05) is 51.9 Å². The first kappa shape index (κ1) is 16.6. The van der Waals surface area contributed by atoms with Crippen LogP contribution in [-0.4, -0.2) is 31.3 Å². The van der Waals surface area contributed by atoms with Gasteiger partial charge in [-0.2, -0.15) is 0 Å². The first-order chi connectivity index (χ1) is 8.16. The second-order valence-electron chi connectivity index (χ2n) is 5.32. The van der Waals surface area contributed by atoms with Gasteiger partial charge in [0.05, 0.1) is 0 Å². The van der Waals surface area contributed by atoms with Crippen LogP contribution in [0.5, 0.6) is 0 Å². The van der Waals surface area contributed by atoms with Gasteiger partial charge in [0.25, 0.3) is 0 Å². The van der Waals surface area contributed by atoms with Gasteiger partial charge in [-0.25, -0.2) is 0 Å². The number of unbranched alkanes of at least 4 members (excludes halogenated alkanes) is 7. The van der Waals surface area contributed by atoms with Crippen molar-refractivity contribution in [2.24, 2.45) is 0 Å². The molecule has 0 fully saturated rings. The fourth-order valence-electron chi connectivity index (χ4n) is 1.93. The third-order valence-corrected chi connectivity index (χ3v) is 3.15. The van der Waals surface area contributed by atoms with Crippen molar-refractivity contribution in [3.05, 3.63) is 0 Å². The predicted octanol–water partition coefficient (Wildman–Crippen LogP) is 4.04. The summed E-state index contributed by atoms with van der Waals surface area (Å²) >= 11 is 0. The van der Waals surface area contributed by atoms with E-state index in [0.717, 1.165) is 25.8 Å². The highest BCUT2D eigenvalue weighted by atomic mass is 16.1. The molecule has 2 nitrogen and oxygen atoms in total. The van der Waals surface area contributed by atoms with Crippen molar-refractivity contribution in [2.45, 2.75) is 71.1 Å². The van der Waals surface area contributed by atoms with E-state index >= 15 is 0 Å². The van der Waals surface area contributed by atoms with Crippen LogP contribution in [0.25, 0.3) is 0 Å². The number of hydrogen-bond donors (Lipinski definition) is 0. The van der Waals surface area contributed by atoms with Crippen molar-refractivity contribution < 1.29 is 4.79 Å². The third kappa shape index (κ3) is 13.6. The molecule has 0 aliphatic carbocycles. The summed E-state index contributed by atoms with van der Waals surface area (Å²) in [6.07, 6.45) is 12.0. The average Bonchev–Trinajstić information content (AvgIpc) is 2.30. The summed E-state index contributed by atoms with van der Waals surface area (Å²) in [4.78, 5) is 13.6. The molecule has 0 radical (unpaired) electrons. The van der Waals surface area contributed by atoms with E-state index in [1.54, 1.807) is 0 Å². The van der Waals surface area contributed by atoms with E-state index < -0.39 is 0 Å². The van der Waals surface area contributed by atoms with Crippen LogP contribution in [0.15, 0.2) is 0 Å². The zero-order valence-corrected chi connectivity index (χ0v) is 12.1. The lowest BCUT2D eigenvalue weighted by Gasteiger charge is -2.08. The van der Waals surface area contributed by atoms with Crippen LogP contribution in [0, 0.1) is 0 Å². The van der Waals surface area contributed by atoms with Crippen LogP contribution in [0.3, 0.4) is 0 Å². The molecule has 0 spiro atoms. The molecule has 0 amide bonds. The fraction of sp³-hybridized carbons (Fsp3) is 0.933. The van der Waals surface area contributed by atoms with Crippen LogP contribution in [-0.2, 0) is 4.79 Å². The average molecular weight is 241 g/mol. The van der Waals surface area contributed by atoms with Gasteiger partial charge in [-0.3, -0.25) is 4.79 Å². The van der Waals surface area contributed by atoms with Gasteiger partial charge in [-0.05, 0) is 20.5 Å². The van der Waals surface area contributed by atoms with E-state index in [0.29, 0.717) is 5.78 Å². The molecule has 0 unspecified atom stereocenters. The molecule has 0 aromatic heterocycles. The van der Waals surface area contributed by atoms with Gasteiger partial charge in [0.15, 0.2) is 0 Å². The Morgan fingerprint density at radius 2 is 1.35 bits per heavy atom. The minimum atomic E-state index is 0.435. The van der Waals surface area contributed by atoms with Crippen molar-refractivity contribution in [1.82, 2.24) is 4.90 Å². The maximum Gasteiger partial charge on any atom is 0.134 e. The Kier molecular flexibility index (Phi) is 11.8. The molecule has 0 saturated carbocycles. The summed E-state index contributed by atoms with van der Waals surface area (Å²) in [5.41, 5.74) is 0. The standard InChI is InChI=1S/C15H31NO/c1-4-5-6-7-8-9-10-11-12-15(17)13-14-16(2)3/h4-14H2,1-3H3. The largest absolute Gasteiger partial charge is 0.309 e. The summed E-state index contributed by atoms with van der Waals surface area (Å²) in [6.45, 7) is 3.15. The van der Waals surface area contributed by atoms with Crippen molar-refractivity contribution in [1.29, 1.82) is 0 Å². The molecule has 2 heteroatoms.